The minimum absolute atomic E-state index is 0.140. The molecular formula is C12H9F3N2O3. The van der Waals surface area contributed by atoms with Gasteiger partial charge in [0.05, 0.1) is 11.1 Å². The molecule has 8 heteroatoms. The van der Waals surface area contributed by atoms with E-state index in [1.54, 1.807) is 17.4 Å². The molecule has 1 aliphatic heterocycles. The Morgan fingerprint density at radius 1 is 1.10 bits per heavy atom. The van der Waals surface area contributed by atoms with Gasteiger partial charge in [-0.05, 0) is 12.1 Å². The lowest BCUT2D eigenvalue weighted by atomic mass is 10.1. The fourth-order valence-corrected chi connectivity index (χ4v) is 1.78. The first kappa shape index (κ1) is 14.0. The molecule has 1 N–H and O–H groups in total. The van der Waals surface area contributed by atoms with Crippen molar-refractivity contribution in [1.29, 1.82) is 0 Å². The van der Waals surface area contributed by atoms with E-state index in [9.17, 15) is 27.6 Å². The van der Waals surface area contributed by atoms with Gasteiger partial charge in [-0.15, -0.1) is 0 Å². The van der Waals surface area contributed by atoms with Crippen LogP contribution in [0.5, 0.6) is 0 Å². The predicted octanol–water partition coefficient (Wildman–Crippen LogP) is 0.961. The number of hydrogen-bond acceptors (Lipinski definition) is 3. The maximum atomic E-state index is 11.9. The van der Waals surface area contributed by atoms with Crippen molar-refractivity contribution in [3.8, 4) is 0 Å². The lowest BCUT2D eigenvalue weighted by Crippen LogP contribution is -2.43. The fraction of sp³-hybridized carbons (Fsp3) is 0.250. The Bertz CT molecular complexity index is 549. The lowest BCUT2D eigenvalue weighted by molar-refractivity contribution is -0.138. The molecule has 1 aromatic rings. The van der Waals surface area contributed by atoms with Crippen molar-refractivity contribution in [2.24, 2.45) is 0 Å². The Morgan fingerprint density at radius 2 is 1.60 bits per heavy atom. The Kier molecular flexibility index (Phi) is 3.47. The summed E-state index contributed by atoms with van der Waals surface area (Å²) in [7, 11) is 0. The van der Waals surface area contributed by atoms with E-state index in [0.717, 1.165) is 0 Å². The normalized spacial score (nSPS) is 14.4. The van der Waals surface area contributed by atoms with Crippen LogP contribution in [-0.4, -0.2) is 41.9 Å². The molecule has 0 bridgehead atoms. The van der Waals surface area contributed by atoms with Crippen LogP contribution in [0.2, 0.25) is 0 Å². The summed E-state index contributed by atoms with van der Waals surface area (Å²) < 4.78 is 35.8. The fourth-order valence-electron chi connectivity index (χ4n) is 1.78. The van der Waals surface area contributed by atoms with Crippen LogP contribution in [0, 0.1) is 0 Å². The highest BCUT2D eigenvalue weighted by atomic mass is 19.4. The maximum Gasteiger partial charge on any atom is 0.405 e. The highest BCUT2D eigenvalue weighted by Gasteiger charge is 2.36. The van der Waals surface area contributed by atoms with Crippen LogP contribution in [0.3, 0.4) is 0 Å². The van der Waals surface area contributed by atoms with Gasteiger partial charge in [-0.25, -0.2) is 0 Å². The Balaban J connectivity index is 2.04. The molecule has 20 heavy (non-hydrogen) atoms. The number of imide groups is 1. The van der Waals surface area contributed by atoms with Crippen molar-refractivity contribution in [2.75, 3.05) is 13.1 Å². The van der Waals surface area contributed by atoms with Gasteiger partial charge < -0.3 is 5.32 Å². The Morgan fingerprint density at radius 3 is 2.05 bits per heavy atom. The Hall–Kier alpha value is -2.38. The minimum Gasteiger partial charge on any atom is -0.345 e. The molecule has 0 saturated heterocycles. The first-order valence-corrected chi connectivity index (χ1v) is 5.58. The predicted molar refractivity (Wildman–Crippen MR) is 60.9 cm³/mol. The molecule has 1 aromatic carbocycles. The third-order valence-electron chi connectivity index (χ3n) is 2.67. The molecule has 0 radical (unpaired) electrons. The molecule has 1 aliphatic rings. The summed E-state index contributed by atoms with van der Waals surface area (Å²) in [5, 5.41) is 1.61. The molecule has 0 aliphatic carbocycles. The van der Waals surface area contributed by atoms with Crippen molar-refractivity contribution in [2.45, 2.75) is 6.18 Å². The smallest absolute Gasteiger partial charge is 0.345 e. The van der Waals surface area contributed by atoms with Gasteiger partial charge in [0.2, 0.25) is 5.91 Å². The van der Waals surface area contributed by atoms with Crippen LogP contribution in [0.1, 0.15) is 20.7 Å². The molecule has 0 aromatic heterocycles. The third-order valence-corrected chi connectivity index (χ3v) is 2.67. The van der Waals surface area contributed by atoms with Crippen LogP contribution >= 0.6 is 0 Å². The van der Waals surface area contributed by atoms with Gasteiger partial charge in [0.1, 0.15) is 13.1 Å². The summed E-state index contributed by atoms with van der Waals surface area (Å²) in [5.74, 6) is -2.42. The summed E-state index contributed by atoms with van der Waals surface area (Å²) in [5.41, 5.74) is 0.280. The highest BCUT2D eigenvalue weighted by Crippen LogP contribution is 2.22. The largest absolute Gasteiger partial charge is 0.405 e. The van der Waals surface area contributed by atoms with E-state index in [1.165, 1.54) is 12.1 Å². The number of benzene rings is 1. The number of amides is 3. The van der Waals surface area contributed by atoms with Crippen molar-refractivity contribution in [1.82, 2.24) is 10.2 Å². The number of rotatable bonds is 3. The number of carbonyl (C=O) groups excluding carboxylic acids is 3. The van der Waals surface area contributed by atoms with E-state index in [-0.39, 0.29) is 11.1 Å². The van der Waals surface area contributed by atoms with Crippen LogP contribution in [-0.2, 0) is 4.79 Å². The zero-order valence-corrected chi connectivity index (χ0v) is 10.0. The first-order valence-electron chi connectivity index (χ1n) is 5.58. The topological polar surface area (TPSA) is 66.5 Å². The highest BCUT2D eigenvalue weighted by molar-refractivity contribution is 6.22. The Labute approximate surface area is 111 Å². The van der Waals surface area contributed by atoms with E-state index in [4.69, 9.17) is 0 Å². The molecule has 1 heterocycles. The van der Waals surface area contributed by atoms with E-state index in [0.29, 0.717) is 4.90 Å². The van der Waals surface area contributed by atoms with Gasteiger partial charge in [-0.2, -0.15) is 13.2 Å². The summed E-state index contributed by atoms with van der Waals surface area (Å²) in [6, 6.07) is 5.95. The number of nitrogens with one attached hydrogen (secondary N) is 1. The molecule has 2 rings (SSSR count). The van der Waals surface area contributed by atoms with Crippen LogP contribution in [0.25, 0.3) is 0 Å². The molecule has 0 saturated carbocycles. The lowest BCUT2D eigenvalue weighted by Gasteiger charge is -2.14. The summed E-state index contributed by atoms with van der Waals surface area (Å²) >= 11 is 0. The number of nitrogens with zero attached hydrogens (tertiary/aromatic N) is 1. The van der Waals surface area contributed by atoms with Gasteiger partial charge >= 0.3 is 6.18 Å². The third kappa shape index (κ3) is 2.79. The summed E-state index contributed by atoms with van der Waals surface area (Å²) in [6.07, 6.45) is -4.54. The monoisotopic (exact) mass is 286 g/mol. The molecule has 0 spiro atoms. The number of hydrogen-bond donors (Lipinski definition) is 1. The molecule has 106 valence electrons. The van der Waals surface area contributed by atoms with E-state index < -0.39 is 37.0 Å². The number of halogens is 3. The van der Waals surface area contributed by atoms with Crippen LogP contribution < -0.4 is 5.32 Å². The number of carbonyl (C=O) groups is 3. The van der Waals surface area contributed by atoms with Gasteiger partial charge in [0, 0.05) is 0 Å². The average Bonchev–Trinajstić information content (AvgIpc) is 2.62. The van der Waals surface area contributed by atoms with Crippen molar-refractivity contribution < 1.29 is 27.6 Å². The van der Waals surface area contributed by atoms with Crippen LogP contribution in [0.15, 0.2) is 24.3 Å². The minimum atomic E-state index is -4.54. The number of fused-ring (bicyclic) bond motifs is 1. The van der Waals surface area contributed by atoms with Gasteiger partial charge in [0.15, 0.2) is 0 Å². The summed E-state index contributed by atoms with van der Waals surface area (Å²) in [4.78, 5) is 35.6. The molecule has 0 atom stereocenters. The molecule has 5 nitrogen and oxygen atoms in total. The second-order valence-corrected chi connectivity index (χ2v) is 4.13. The van der Waals surface area contributed by atoms with E-state index in [1.807, 2.05) is 0 Å². The van der Waals surface area contributed by atoms with Crippen molar-refractivity contribution in [3.63, 3.8) is 0 Å². The first-order chi connectivity index (χ1) is 9.29. The van der Waals surface area contributed by atoms with Crippen molar-refractivity contribution in [3.05, 3.63) is 35.4 Å². The van der Waals surface area contributed by atoms with E-state index in [2.05, 4.69) is 0 Å². The number of alkyl halides is 3. The second kappa shape index (κ2) is 4.95. The zero-order chi connectivity index (χ0) is 14.9. The van der Waals surface area contributed by atoms with Gasteiger partial charge in [0.25, 0.3) is 11.8 Å². The second-order valence-electron chi connectivity index (χ2n) is 4.13. The average molecular weight is 286 g/mol. The van der Waals surface area contributed by atoms with Crippen LogP contribution in [0.4, 0.5) is 13.2 Å². The van der Waals surface area contributed by atoms with Gasteiger partial charge in [-0.3, -0.25) is 19.3 Å². The maximum absolute atomic E-state index is 11.9. The molecule has 3 amide bonds. The molecular weight excluding hydrogens is 277 g/mol. The summed E-state index contributed by atoms with van der Waals surface area (Å²) in [6.45, 7) is -2.24. The van der Waals surface area contributed by atoms with E-state index >= 15 is 0 Å². The standard InChI is InChI=1S/C12H9F3N2O3/c13-12(14,15)6-16-9(18)5-17-10(19)7-3-1-2-4-8(7)11(17)20/h1-4H,5-6H2,(H,16,18). The SMILES string of the molecule is O=C(CN1C(=O)c2ccccc2C1=O)NCC(F)(F)F. The quantitative estimate of drug-likeness (QED) is 0.842. The molecule has 0 fully saturated rings. The van der Waals surface area contributed by atoms with Gasteiger partial charge in [-0.1, -0.05) is 12.1 Å². The molecule has 0 unspecified atom stereocenters. The van der Waals surface area contributed by atoms with Crippen molar-refractivity contribution >= 4 is 17.7 Å². The zero-order valence-electron chi connectivity index (χ0n) is 10.0.